The summed E-state index contributed by atoms with van der Waals surface area (Å²) in [7, 11) is 14.3. The normalized spacial score (nSPS) is 10.5. The molecule has 0 spiro atoms. The van der Waals surface area contributed by atoms with Gasteiger partial charge >= 0.3 is 139 Å². The Morgan fingerprint density at radius 1 is 0.523 bits per heavy atom. The monoisotopic (exact) mass is 2190 g/mol. The molecule has 0 amide bonds. The Balaban J connectivity index is -0.000000349. The number of carbonyl (C=O) groups is 9. The van der Waals surface area contributed by atoms with E-state index in [0.29, 0.717) is 12.6 Å². The molecule has 33 nitrogen and oxygen atoms in total. The quantitative estimate of drug-likeness (QED) is 0.00411. The van der Waals surface area contributed by atoms with Crippen LogP contribution in [0.3, 0.4) is 0 Å². The van der Waals surface area contributed by atoms with E-state index in [9.17, 15) is 79.4 Å². The minimum atomic E-state index is -1.67. The molecule has 8 aromatic rings. The average molecular weight is 2200 g/mol. The number of Topliss-reactive ketones (excluding diaryl/α,β-unsaturated/α-hetero) is 1. The summed E-state index contributed by atoms with van der Waals surface area (Å²) in [6, 6.07) is 5.15. The fourth-order valence-electron chi connectivity index (χ4n) is 8.14. The Morgan fingerprint density at radius 2 is 0.841 bits per heavy atom. The number of fused-ring (bicyclic) bond motifs is 2. The maximum atomic E-state index is 13.6. The van der Waals surface area contributed by atoms with Crippen molar-refractivity contribution in [3.8, 4) is 0 Å². The Labute approximate surface area is 904 Å². The number of ketones is 1. The summed E-state index contributed by atoms with van der Waals surface area (Å²) in [5.74, 6) is -12.0. The number of aromatic carboxylic acids is 2. The number of carboxylic acid groups (broad SMARTS) is 2. The van der Waals surface area contributed by atoms with Crippen molar-refractivity contribution in [3.63, 3.8) is 0 Å². The fraction of sp³-hybridized carbons (Fsp3) is 0.325. The zero-order chi connectivity index (χ0) is 100. The molecule has 8 aromatic heterocycles. The van der Waals surface area contributed by atoms with Gasteiger partial charge in [-0.15, -0.1) is 0 Å². The summed E-state index contributed by atoms with van der Waals surface area (Å²) in [6.07, 6.45) is 8.03. The van der Waals surface area contributed by atoms with E-state index >= 15 is 0 Å². The van der Waals surface area contributed by atoms with E-state index in [0.717, 1.165) is 42.6 Å². The van der Waals surface area contributed by atoms with Gasteiger partial charge in [-0.1, -0.05) is 137 Å². The van der Waals surface area contributed by atoms with Crippen LogP contribution in [0.15, 0.2) is 93.0 Å². The predicted molar refractivity (Wildman–Crippen MR) is 486 cm³/mol. The summed E-state index contributed by atoms with van der Waals surface area (Å²) < 4.78 is 110. The number of ether oxygens (including phenoxy) is 4. The van der Waals surface area contributed by atoms with Gasteiger partial charge in [0.15, 0.2) is 65.8 Å². The second-order valence-corrected chi connectivity index (χ2v) is 31.5. The number of aliphatic imine (C=N–C) groups is 1. The third-order valence-electron chi connectivity index (χ3n) is 13.4. The molecule has 0 fully saturated rings. The van der Waals surface area contributed by atoms with Crippen molar-refractivity contribution in [2.45, 2.75) is 115 Å². The molecule has 55 heteroatoms. The third kappa shape index (κ3) is 48.3. The molecule has 0 aliphatic carbocycles. The van der Waals surface area contributed by atoms with Gasteiger partial charge in [0, 0.05) is 105 Å². The zero-order valence-corrected chi connectivity index (χ0v) is 88.8. The van der Waals surface area contributed by atoms with Crippen LogP contribution in [0.5, 0.6) is 0 Å². The number of carboxylic acids is 2. The van der Waals surface area contributed by atoms with Crippen LogP contribution >= 0.6 is 149 Å². The zero-order valence-electron chi connectivity index (χ0n) is 72.9. The third-order valence-corrected chi connectivity index (χ3v) is 16.3. The molecule has 0 saturated heterocycles. The van der Waals surface area contributed by atoms with E-state index in [1.54, 1.807) is 85.2 Å². The number of hydrogen-bond donors (Lipinski definition) is 4. The number of halogens is 19. The van der Waals surface area contributed by atoms with Crippen LogP contribution in [0.2, 0.25) is 51.5 Å². The topological polar surface area (TPSA) is 467 Å². The number of aromatic nitrogens is 8. The number of nitrogens with two attached hydrogens (primary N) is 1. The van der Waals surface area contributed by atoms with Crippen molar-refractivity contribution >= 4 is 246 Å². The number of nitrogens with zero attached hydrogens (tertiary/aromatic N) is 11. The van der Waals surface area contributed by atoms with Gasteiger partial charge < -0.3 is 70.5 Å². The molecule has 0 aromatic carbocycles. The molecule has 132 heavy (non-hydrogen) atoms. The van der Waals surface area contributed by atoms with Gasteiger partial charge in [-0.3, -0.25) is 29.0 Å². The van der Waals surface area contributed by atoms with Gasteiger partial charge in [0.1, 0.15) is 59.9 Å². The van der Waals surface area contributed by atoms with Gasteiger partial charge in [0.2, 0.25) is 25.9 Å². The average Bonchev–Trinajstić information content (AvgIpc) is 0.767. The van der Waals surface area contributed by atoms with Crippen LogP contribution < -0.4 is 125 Å². The molecule has 0 bridgehead atoms. The Hall–Kier alpha value is -6.07. The molecular weight excluding hydrogens is 2110 g/mol. The SMILES string of the molecule is C.CC(C)N.CC(C)n1cc(C(=O)O)c(=O)c2cc(F)c(Cl)nc21.CCOC(=O)/C(=C\N(C)C)C(=O)c1cc(F)c(Cl)nc1Cl.CCOC(=O)/C=C/N(C)C.CCOC(=O)C(C=NC(C)C)=C(O)c1cc(F)c(Cl)nc1Cl.CCOC(=O)c1cn(C(C)C)c2nc(Cl)c(F)cc2c1=O.O=C(Cl)c1cc(F)c(Cl)nc1Cl.O=C(O)c1cc(F)c(Cl)nc1Cl.O=CO[O-].O=S(Cl)Cl.[H-].[K+].[K+]. The Kier molecular flexibility index (Phi) is 70.1. The standard InChI is InChI=1S/C14H15Cl2FN2O3.C14H14ClFN2O3.C13H13Cl2FN2O3.C12H10ClFN2O3.C7H13NO2.C6HCl3FNO.C6H2Cl2FNO2.C3H9N.CH2O3.CH4.Cl2OS.2K.H/c1-4-22-14(21)9(6-18-7(2)3)11(20)8-5-10(17)13(16)19-12(8)15;1-4-21-14(20)9-6-18(7(2)3)13-8(11(9)19)5-10(16)12(15)17-13;1-4-21-13(20)8(6-18(2)3)10(19)7-5-9(16)12(15)17-11(7)14;1-5(2)16-4-7(12(18)19)9(17)6-3-8(14)10(13)15-11(6)16;1-4-10-7(9)5-6-8(2)3;7-4-2(6(9)12)1-3(10)5(8)11-4;7-4-2(6(11)12)1-3(9)5(8)10-4;1-3(2)4;2-1-4-3;;1-4(2)3;;;/h5-7,20H,4H2,1-3H3;5-7H,4H2,1-3H3;5-6H,4H2,1-3H3;3-5H,1-2H3,(H,18,19);5-6H,4H2,1-3H3;1H;1H,(H,11,12);3H,4H2,1-2H3;1,3H;1H4;;;;/q;;;;;;;;;;;2*+1;-1/p-1/b;;8-6-;;6-5+;;;;;;;;;. The first kappa shape index (κ1) is 134. The molecule has 0 radical (unpaired) electrons. The second-order valence-electron chi connectivity index (χ2n) is 25.1. The summed E-state index contributed by atoms with van der Waals surface area (Å²) in [5.41, 5.74) is 1.96. The van der Waals surface area contributed by atoms with Gasteiger partial charge in [-0.2, -0.15) is 0 Å². The maximum absolute atomic E-state index is 13.6. The van der Waals surface area contributed by atoms with E-state index in [-0.39, 0.29) is 254 Å². The van der Waals surface area contributed by atoms with Crippen molar-refractivity contribution in [2.24, 2.45) is 10.7 Å². The Bertz CT molecular complexity index is 5520. The molecule has 718 valence electrons. The number of pyridine rings is 8. The first-order valence-electron chi connectivity index (χ1n) is 35.5. The molecule has 5 N–H and O–H groups in total. The number of hydrogen-bond acceptors (Lipinski definition) is 29. The number of aliphatic hydroxyl groups excluding tert-OH is 1. The van der Waals surface area contributed by atoms with Crippen LogP contribution in [0.25, 0.3) is 27.8 Å². The van der Waals surface area contributed by atoms with Gasteiger partial charge in [0.25, 0.3) is 11.7 Å². The van der Waals surface area contributed by atoms with Crippen molar-refractivity contribution in [1.29, 1.82) is 0 Å². The van der Waals surface area contributed by atoms with Crippen LogP contribution in [-0.4, -0.2) is 195 Å². The smallest absolute Gasteiger partial charge is 1.00 e. The molecular formula is C77H83Cl13F6K2N12O21S. The molecule has 0 aliphatic heterocycles. The second kappa shape index (κ2) is 68.9. The van der Waals surface area contributed by atoms with Crippen LogP contribution in [0.4, 0.5) is 26.3 Å². The van der Waals surface area contributed by atoms with Crippen molar-refractivity contribution in [2.75, 3.05) is 54.6 Å². The van der Waals surface area contributed by atoms with Gasteiger partial charge in [0.05, 0.1) is 59.5 Å². The largest absolute Gasteiger partial charge is 1.00 e. The summed E-state index contributed by atoms with van der Waals surface area (Å²) in [6.45, 7) is 21.9. The molecule has 8 heterocycles. The summed E-state index contributed by atoms with van der Waals surface area (Å²) >= 11 is 60.2. The Morgan fingerprint density at radius 3 is 1.18 bits per heavy atom. The number of rotatable bonds is 21. The minimum Gasteiger partial charge on any atom is -1.00 e. The van der Waals surface area contributed by atoms with Crippen LogP contribution in [0.1, 0.15) is 161 Å². The van der Waals surface area contributed by atoms with Crippen LogP contribution in [-0.2, 0) is 52.2 Å². The fourth-order valence-corrected chi connectivity index (χ4v) is 10.2. The van der Waals surface area contributed by atoms with Crippen molar-refractivity contribution < 1.29 is 222 Å². The number of carbonyl (C=O) groups excluding carboxylic acids is 7. The van der Waals surface area contributed by atoms with E-state index in [1.165, 1.54) is 34.1 Å². The maximum Gasteiger partial charge on any atom is 1.00 e. The molecule has 0 unspecified atom stereocenters. The van der Waals surface area contributed by atoms with Crippen molar-refractivity contribution in [3.05, 3.63) is 219 Å². The van der Waals surface area contributed by atoms with Gasteiger partial charge in [-0.05, 0) is 123 Å². The molecule has 0 aliphatic rings. The number of esters is 4. The van der Waals surface area contributed by atoms with E-state index in [1.807, 2.05) is 41.8 Å². The molecule has 8 rings (SSSR count). The predicted octanol–water partition coefficient (Wildman–Crippen LogP) is 12.3. The van der Waals surface area contributed by atoms with Crippen molar-refractivity contribution in [1.82, 2.24) is 48.8 Å². The number of aliphatic hydroxyl groups is 1. The summed E-state index contributed by atoms with van der Waals surface area (Å²) in [4.78, 5) is 155. The van der Waals surface area contributed by atoms with E-state index < -0.39 is 128 Å². The van der Waals surface area contributed by atoms with Gasteiger partial charge in [-0.25, -0.2) is 89.2 Å². The van der Waals surface area contributed by atoms with E-state index in [4.69, 9.17) is 172 Å². The first-order valence-corrected chi connectivity index (χ1v) is 42.5. The van der Waals surface area contributed by atoms with Crippen LogP contribution in [0, 0.1) is 34.9 Å². The van der Waals surface area contributed by atoms with E-state index in [2.05, 4.69) is 65.9 Å². The molecule has 0 saturated carbocycles. The minimum absolute atomic E-state index is 0. The first-order chi connectivity index (χ1) is 59.8. The summed E-state index contributed by atoms with van der Waals surface area (Å²) in [5, 5.41) is 31.7. The molecule has 0 atom stereocenters.